The predicted octanol–water partition coefficient (Wildman–Crippen LogP) is 4.93. The number of para-hydroxylation sites is 1. The molecule has 3 heterocycles. The maximum Gasteiger partial charge on any atom is 0.248 e. The Bertz CT molecular complexity index is 1340. The second kappa shape index (κ2) is 9.78. The molecule has 5 aromatic rings. The molecule has 0 saturated carbocycles. The molecule has 0 aliphatic rings. The molecule has 0 aliphatic heterocycles. The fraction of sp³-hybridized carbons (Fsp3) is 0.0800. The highest BCUT2D eigenvalue weighted by atomic mass is 19.1. The van der Waals surface area contributed by atoms with Gasteiger partial charge < -0.3 is 18.3 Å². The summed E-state index contributed by atoms with van der Waals surface area (Å²) in [6, 6.07) is 15.5. The van der Waals surface area contributed by atoms with E-state index >= 15 is 0 Å². The molecule has 0 fully saturated rings. The van der Waals surface area contributed by atoms with Crippen molar-refractivity contribution < 1.29 is 18.3 Å². The van der Waals surface area contributed by atoms with E-state index in [4.69, 9.17) is 9.15 Å². The summed E-state index contributed by atoms with van der Waals surface area (Å²) in [5.74, 6) is -0.288. The van der Waals surface area contributed by atoms with Crippen LogP contribution in [0.2, 0.25) is 0 Å². The molecule has 7 nitrogen and oxygen atoms in total. The molecule has 0 spiro atoms. The third kappa shape index (κ3) is 4.90. The van der Waals surface area contributed by atoms with Gasteiger partial charge in [0, 0.05) is 36.9 Å². The van der Waals surface area contributed by atoms with Gasteiger partial charge in [0.15, 0.2) is 17.3 Å². The number of carbonyl (C=O) groups excluding carboxylic acids is 1. The second-order valence-electron chi connectivity index (χ2n) is 7.07. The molecule has 5 rings (SSSR count). The van der Waals surface area contributed by atoms with Crippen molar-refractivity contribution in [1.82, 2.24) is 19.1 Å². The zero-order valence-electron chi connectivity index (χ0n) is 18.1. The molecule has 0 radical (unpaired) electrons. The molecule has 8 heteroatoms. The highest BCUT2D eigenvalue weighted by Gasteiger charge is 2.16. The van der Waals surface area contributed by atoms with Gasteiger partial charge >= 0.3 is 0 Å². The van der Waals surface area contributed by atoms with Crippen LogP contribution in [-0.4, -0.2) is 32.0 Å². The van der Waals surface area contributed by atoms with Crippen LogP contribution in [0.4, 0.5) is 4.39 Å². The van der Waals surface area contributed by atoms with Crippen LogP contribution in [0.25, 0.3) is 16.8 Å². The molecule has 0 unspecified atom stereocenters. The van der Waals surface area contributed by atoms with Gasteiger partial charge in [0.1, 0.15) is 12.0 Å². The number of aromatic nitrogens is 4. The smallest absolute Gasteiger partial charge is 0.248 e. The van der Waals surface area contributed by atoms with Gasteiger partial charge in [-0.2, -0.15) is 0 Å². The molecular formula is C25H21FN4O3. The van der Waals surface area contributed by atoms with Crippen molar-refractivity contribution in [2.45, 2.75) is 0 Å². The third-order valence-corrected chi connectivity index (χ3v) is 4.82. The lowest BCUT2D eigenvalue weighted by Gasteiger charge is -2.11. The molecule has 33 heavy (non-hydrogen) atoms. The number of hydrogen-bond acceptors (Lipinski definition) is 5. The first-order chi connectivity index (χ1) is 16.1. The van der Waals surface area contributed by atoms with Crippen molar-refractivity contribution in [2.24, 2.45) is 7.05 Å². The Morgan fingerprint density at radius 2 is 1.94 bits per heavy atom. The van der Waals surface area contributed by atoms with Crippen molar-refractivity contribution in [3.63, 3.8) is 0 Å². The lowest BCUT2D eigenvalue weighted by molar-refractivity contribution is 0.100. The van der Waals surface area contributed by atoms with Crippen molar-refractivity contribution in [2.75, 3.05) is 7.11 Å². The Kier molecular flexibility index (Phi) is 6.45. The largest absolute Gasteiger partial charge is 0.493 e. The van der Waals surface area contributed by atoms with E-state index in [2.05, 4.69) is 9.97 Å². The average molecular weight is 444 g/mol. The minimum absolute atomic E-state index is 0.189. The molecule has 0 amide bonds. The maximum absolute atomic E-state index is 14.0. The van der Waals surface area contributed by atoms with Crippen LogP contribution in [0, 0.1) is 5.82 Å². The van der Waals surface area contributed by atoms with E-state index in [0.717, 1.165) is 11.3 Å². The summed E-state index contributed by atoms with van der Waals surface area (Å²) < 4.78 is 28.0. The Hall–Kier alpha value is -4.46. The monoisotopic (exact) mass is 444 g/mol. The normalized spacial score (nSPS) is 10.4. The summed E-state index contributed by atoms with van der Waals surface area (Å²) in [6.07, 6.45) is 10.0. The molecule has 2 aromatic carbocycles. The number of carbonyl (C=O) groups is 1. The van der Waals surface area contributed by atoms with Crippen molar-refractivity contribution in [3.8, 4) is 22.6 Å². The summed E-state index contributed by atoms with van der Waals surface area (Å²) in [6.45, 7) is 0. The summed E-state index contributed by atoms with van der Waals surface area (Å²) in [4.78, 5) is 20.3. The molecule has 0 aliphatic carbocycles. The topological polar surface area (TPSA) is 75.1 Å². The van der Waals surface area contributed by atoms with Crippen LogP contribution < -0.4 is 4.74 Å². The molecule has 0 saturated heterocycles. The standard InChI is InChI=1S/C21H15FN2O3.C4H6N2/c1-26-21-16(7-3-8-17(21)22)14-5-2-6-15(11-14)24-12-18(23-13-24)20(25)19-9-4-10-27-19;1-6-3-2-5-4-6/h2-13H,1H3;2-4H,1H3. The number of furan rings is 1. The number of nitrogens with zero attached hydrogens (tertiary/aromatic N) is 4. The van der Waals surface area contributed by atoms with Gasteiger partial charge in [-0.25, -0.2) is 14.4 Å². The maximum atomic E-state index is 14.0. The number of ether oxygens (including phenoxy) is 1. The average Bonchev–Trinajstić information content (AvgIpc) is 3.62. The van der Waals surface area contributed by atoms with Gasteiger partial charge in [0.25, 0.3) is 0 Å². The van der Waals surface area contributed by atoms with Crippen molar-refractivity contribution in [1.29, 1.82) is 0 Å². The number of methoxy groups -OCH3 is 1. The molecular weight excluding hydrogens is 423 g/mol. The van der Waals surface area contributed by atoms with E-state index in [9.17, 15) is 9.18 Å². The summed E-state index contributed by atoms with van der Waals surface area (Å²) in [7, 11) is 3.38. The van der Waals surface area contributed by atoms with E-state index in [1.165, 1.54) is 19.4 Å². The van der Waals surface area contributed by atoms with Gasteiger partial charge in [0.2, 0.25) is 5.78 Å². The first kappa shape index (κ1) is 21.8. The molecule has 0 atom stereocenters. The van der Waals surface area contributed by atoms with Crippen LogP contribution in [0.1, 0.15) is 16.2 Å². The number of rotatable bonds is 5. The van der Waals surface area contributed by atoms with E-state index in [0.29, 0.717) is 5.56 Å². The fourth-order valence-electron chi connectivity index (χ4n) is 3.22. The van der Waals surface area contributed by atoms with E-state index in [-0.39, 0.29) is 23.0 Å². The quantitative estimate of drug-likeness (QED) is 0.359. The lowest BCUT2D eigenvalue weighted by Crippen LogP contribution is -1.99. The van der Waals surface area contributed by atoms with E-state index in [1.54, 1.807) is 53.9 Å². The van der Waals surface area contributed by atoms with E-state index in [1.807, 2.05) is 42.1 Å². The van der Waals surface area contributed by atoms with Gasteiger partial charge in [-0.15, -0.1) is 0 Å². The molecule has 0 N–H and O–H groups in total. The van der Waals surface area contributed by atoms with Crippen LogP contribution in [0.5, 0.6) is 5.75 Å². The van der Waals surface area contributed by atoms with Gasteiger partial charge in [-0.05, 0) is 35.9 Å². The minimum Gasteiger partial charge on any atom is -0.493 e. The number of aryl methyl sites for hydroxylation is 1. The number of hydrogen-bond donors (Lipinski definition) is 0. The summed E-state index contributed by atoms with van der Waals surface area (Å²) in [5.41, 5.74) is 2.49. The minimum atomic E-state index is -0.422. The number of imidazole rings is 2. The second-order valence-corrected chi connectivity index (χ2v) is 7.07. The van der Waals surface area contributed by atoms with Crippen molar-refractivity contribution >= 4 is 5.78 Å². The van der Waals surface area contributed by atoms with Crippen LogP contribution in [-0.2, 0) is 7.05 Å². The first-order valence-corrected chi connectivity index (χ1v) is 10.0. The Morgan fingerprint density at radius 1 is 1.09 bits per heavy atom. The molecule has 166 valence electrons. The Morgan fingerprint density at radius 3 is 2.61 bits per heavy atom. The SMILES string of the molecule is COc1c(F)cccc1-c1cccc(-n2cnc(C(=O)c3ccco3)c2)c1.Cn1ccnc1. The summed E-state index contributed by atoms with van der Waals surface area (Å²) >= 11 is 0. The highest BCUT2D eigenvalue weighted by Crippen LogP contribution is 2.33. The molecule has 3 aromatic heterocycles. The zero-order valence-corrected chi connectivity index (χ0v) is 18.1. The van der Waals surface area contributed by atoms with Gasteiger partial charge in [-0.1, -0.05) is 24.3 Å². The van der Waals surface area contributed by atoms with Crippen LogP contribution in [0.3, 0.4) is 0 Å². The van der Waals surface area contributed by atoms with Crippen molar-refractivity contribution in [3.05, 3.63) is 109 Å². The number of ketones is 1. The first-order valence-electron chi connectivity index (χ1n) is 10.0. The van der Waals surface area contributed by atoms with E-state index < -0.39 is 5.82 Å². The number of halogens is 1. The van der Waals surface area contributed by atoms with Gasteiger partial charge in [0.05, 0.1) is 19.7 Å². The van der Waals surface area contributed by atoms with Crippen LogP contribution in [0.15, 0.2) is 96.5 Å². The lowest BCUT2D eigenvalue weighted by atomic mass is 10.0. The van der Waals surface area contributed by atoms with Gasteiger partial charge in [-0.3, -0.25) is 4.79 Å². The third-order valence-electron chi connectivity index (χ3n) is 4.82. The number of benzene rings is 2. The zero-order chi connectivity index (χ0) is 23.2. The Balaban J connectivity index is 0.000000376. The highest BCUT2D eigenvalue weighted by molar-refractivity contribution is 6.05. The fourth-order valence-corrected chi connectivity index (χ4v) is 3.22. The Labute approximate surface area is 189 Å². The van der Waals surface area contributed by atoms with Crippen LogP contribution >= 0.6 is 0 Å². The summed E-state index contributed by atoms with van der Waals surface area (Å²) in [5, 5.41) is 0. The molecule has 0 bridgehead atoms. The predicted molar refractivity (Wildman–Crippen MR) is 121 cm³/mol.